The van der Waals surface area contributed by atoms with Crippen LogP contribution in [0.2, 0.25) is 10.0 Å². The lowest BCUT2D eigenvalue weighted by molar-refractivity contribution is 0.0695. The Bertz CT molecular complexity index is 1640. The molecule has 3 aromatic heterocycles. The van der Waals surface area contributed by atoms with Crippen molar-refractivity contribution in [2.75, 3.05) is 42.8 Å². The van der Waals surface area contributed by atoms with E-state index in [1.54, 1.807) is 28.8 Å². The van der Waals surface area contributed by atoms with Crippen LogP contribution in [0, 0.1) is 0 Å². The second-order valence-electron chi connectivity index (χ2n) is 9.46. The summed E-state index contributed by atoms with van der Waals surface area (Å²) in [6, 6.07) is 10.2. The van der Waals surface area contributed by atoms with Gasteiger partial charge in [0.2, 0.25) is 11.3 Å². The zero-order valence-electron chi connectivity index (χ0n) is 21.3. The third-order valence-electron chi connectivity index (χ3n) is 6.70. The topological polar surface area (TPSA) is 127 Å². The first-order valence-electron chi connectivity index (χ1n) is 12.2. The van der Waals surface area contributed by atoms with Crippen molar-refractivity contribution in [3.05, 3.63) is 74.6 Å². The first-order chi connectivity index (χ1) is 18.6. The second kappa shape index (κ2) is 10.6. The Kier molecular flexibility index (Phi) is 7.24. The van der Waals surface area contributed by atoms with Crippen molar-refractivity contribution in [1.82, 2.24) is 14.5 Å². The molecular weight excluding hydrogens is 543 g/mol. The Labute approximate surface area is 234 Å². The number of carbonyl (C=O) groups is 1. The van der Waals surface area contributed by atoms with Crippen molar-refractivity contribution in [2.24, 2.45) is 0 Å². The van der Waals surface area contributed by atoms with E-state index in [0.29, 0.717) is 39.4 Å². The van der Waals surface area contributed by atoms with Crippen LogP contribution in [0.25, 0.3) is 16.6 Å². The molecule has 1 aliphatic heterocycles. The number of aromatic carboxylic acids is 1. The van der Waals surface area contributed by atoms with Gasteiger partial charge in [-0.25, -0.2) is 9.78 Å². The third kappa shape index (κ3) is 5.17. The minimum Gasteiger partial charge on any atom is -0.477 e. The monoisotopic (exact) mass is 568 g/mol. The van der Waals surface area contributed by atoms with Gasteiger partial charge < -0.3 is 29.9 Å². The van der Waals surface area contributed by atoms with E-state index in [2.05, 4.69) is 14.9 Å². The zero-order valence-corrected chi connectivity index (χ0v) is 22.8. The standard InChI is InChI=1S/C27H26Cl2N6O4/c1-33(2)24-6-5-19(28)26(32-24)39-14-16-4-3-9-34(16)22-12-21-17(11-20(22)29)25(36)18(27(37)38)13-35(21)15-7-8-31-23(30)10-15/h5-8,10-13,16H,3-4,9,14H2,1-2H3,(H2,30,31)(H,37,38)/t16-/m1/s1. The quantitative estimate of drug-likeness (QED) is 0.331. The van der Waals surface area contributed by atoms with E-state index in [0.717, 1.165) is 25.2 Å². The molecule has 4 heterocycles. The number of anilines is 3. The molecule has 0 spiro atoms. The van der Waals surface area contributed by atoms with Crippen LogP contribution in [0.3, 0.4) is 0 Å². The fourth-order valence-corrected chi connectivity index (χ4v) is 5.20. The van der Waals surface area contributed by atoms with Crippen LogP contribution in [0.15, 0.2) is 53.6 Å². The van der Waals surface area contributed by atoms with Gasteiger partial charge in [-0.05, 0) is 43.2 Å². The van der Waals surface area contributed by atoms with Gasteiger partial charge in [0.15, 0.2) is 0 Å². The number of rotatable bonds is 7. The van der Waals surface area contributed by atoms with E-state index < -0.39 is 11.4 Å². The van der Waals surface area contributed by atoms with Gasteiger partial charge in [0.05, 0.1) is 28.0 Å². The van der Waals surface area contributed by atoms with E-state index in [4.69, 9.17) is 33.7 Å². The van der Waals surface area contributed by atoms with Crippen LogP contribution in [-0.2, 0) is 0 Å². The number of hydrogen-bond donors (Lipinski definition) is 2. The molecule has 4 aromatic rings. The minimum absolute atomic E-state index is 0.0316. The summed E-state index contributed by atoms with van der Waals surface area (Å²) in [4.78, 5) is 37.5. The van der Waals surface area contributed by atoms with Crippen LogP contribution in [0.5, 0.6) is 5.88 Å². The predicted octanol–water partition coefficient (Wildman–Crippen LogP) is 4.48. The molecule has 12 heteroatoms. The predicted molar refractivity (Wildman–Crippen MR) is 153 cm³/mol. The molecule has 1 aromatic carbocycles. The molecule has 0 unspecified atom stereocenters. The summed E-state index contributed by atoms with van der Waals surface area (Å²) in [6.45, 7) is 1.04. The molecule has 39 heavy (non-hydrogen) atoms. The van der Waals surface area contributed by atoms with Crippen molar-refractivity contribution in [1.29, 1.82) is 0 Å². The first kappa shape index (κ1) is 26.6. The molecule has 202 valence electrons. The summed E-state index contributed by atoms with van der Waals surface area (Å²) in [6.07, 6.45) is 4.58. The summed E-state index contributed by atoms with van der Waals surface area (Å²) in [5.74, 6) is 0.00311. The largest absolute Gasteiger partial charge is 0.477 e. The first-order valence-corrected chi connectivity index (χ1v) is 13.0. The molecule has 1 fully saturated rings. The van der Waals surface area contributed by atoms with Crippen molar-refractivity contribution in [2.45, 2.75) is 18.9 Å². The summed E-state index contributed by atoms with van der Waals surface area (Å²) in [5.41, 5.74) is 6.65. The highest BCUT2D eigenvalue weighted by atomic mass is 35.5. The maximum atomic E-state index is 13.1. The number of fused-ring (bicyclic) bond motifs is 1. The van der Waals surface area contributed by atoms with Gasteiger partial charge in [-0.1, -0.05) is 23.2 Å². The highest BCUT2D eigenvalue weighted by Gasteiger charge is 2.29. The molecule has 0 amide bonds. The lowest BCUT2D eigenvalue weighted by Gasteiger charge is -2.28. The molecule has 10 nitrogen and oxygen atoms in total. The highest BCUT2D eigenvalue weighted by Crippen LogP contribution is 2.36. The van der Waals surface area contributed by atoms with Crippen molar-refractivity contribution < 1.29 is 14.6 Å². The van der Waals surface area contributed by atoms with Gasteiger partial charge in [-0.2, -0.15) is 4.98 Å². The smallest absolute Gasteiger partial charge is 0.341 e. The minimum atomic E-state index is -1.33. The molecule has 0 saturated carbocycles. The van der Waals surface area contributed by atoms with E-state index >= 15 is 0 Å². The molecule has 1 saturated heterocycles. The van der Waals surface area contributed by atoms with Crippen LogP contribution in [-0.4, -0.2) is 58.9 Å². The number of hydrogen-bond acceptors (Lipinski definition) is 8. The number of halogens is 2. The van der Waals surface area contributed by atoms with Crippen LogP contribution in [0.4, 0.5) is 17.3 Å². The van der Waals surface area contributed by atoms with Crippen molar-refractivity contribution in [3.63, 3.8) is 0 Å². The fraction of sp³-hybridized carbons (Fsp3) is 0.259. The number of pyridine rings is 3. The summed E-state index contributed by atoms with van der Waals surface area (Å²) < 4.78 is 7.68. The average Bonchev–Trinajstić information content (AvgIpc) is 3.36. The zero-order chi connectivity index (χ0) is 27.8. The van der Waals surface area contributed by atoms with Gasteiger partial charge in [0.25, 0.3) is 0 Å². The SMILES string of the molecule is CN(C)c1ccc(Cl)c(OC[C@H]2CCCN2c2cc3c(cc2Cl)c(=O)c(C(=O)O)cn3-c2ccnc(N)c2)n1. The van der Waals surface area contributed by atoms with Gasteiger partial charge in [-0.3, -0.25) is 4.79 Å². The van der Waals surface area contributed by atoms with E-state index in [-0.39, 0.29) is 22.8 Å². The van der Waals surface area contributed by atoms with Crippen LogP contribution in [0.1, 0.15) is 23.2 Å². The summed E-state index contributed by atoms with van der Waals surface area (Å²) in [7, 11) is 3.78. The number of carboxylic acid groups (broad SMARTS) is 1. The summed E-state index contributed by atoms with van der Waals surface area (Å²) >= 11 is 13.1. The second-order valence-corrected chi connectivity index (χ2v) is 10.3. The average molecular weight is 569 g/mol. The Morgan fingerprint density at radius 3 is 2.72 bits per heavy atom. The molecule has 3 N–H and O–H groups in total. The molecular formula is C27H26Cl2N6O4. The third-order valence-corrected chi connectivity index (χ3v) is 7.29. The number of aromatic nitrogens is 3. The molecule has 5 rings (SSSR count). The number of carboxylic acids is 1. The van der Waals surface area contributed by atoms with Gasteiger partial charge in [0, 0.05) is 44.5 Å². The molecule has 1 aliphatic rings. The Morgan fingerprint density at radius 2 is 2.00 bits per heavy atom. The van der Waals surface area contributed by atoms with E-state index in [1.807, 2.05) is 25.1 Å². The molecule has 0 radical (unpaired) electrons. The van der Waals surface area contributed by atoms with Gasteiger partial charge >= 0.3 is 5.97 Å². The van der Waals surface area contributed by atoms with E-state index in [9.17, 15) is 14.7 Å². The normalized spacial score (nSPS) is 15.1. The lowest BCUT2D eigenvalue weighted by atomic mass is 10.1. The van der Waals surface area contributed by atoms with Gasteiger partial charge in [-0.15, -0.1) is 0 Å². The summed E-state index contributed by atoms with van der Waals surface area (Å²) in [5, 5.41) is 10.6. The van der Waals surface area contributed by atoms with Crippen molar-refractivity contribution in [3.8, 4) is 11.6 Å². The Morgan fingerprint density at radius 1 is 1.21 bits per heavy atom. The molecule has 0 aliphatic carbocycles. The molecule has 1 atom stereocenters. The lowest BCUT2D eigenvalue weighted by Crippen LogP contribution is -2.34. The molecule has 0 bridgehead atoms. The van der Waals surface area contributed by atoms with Gasteiger partial charge in [0.1, 0.15) is 28.8 Å². The Balaban J connectivity index is 1.55. The van der Waals surface area contributed by atoms with Crippen molar-refractivity contribution >= 4 is 57.4 Å². The van der Waals surface area contributed by atoms with E-state index in [1.165, 1.54) is 18.5 Å². The van der Waals surface area contributed by atoms with Crippen LogP contribution >= 0.6 is 23.2 Å². The fourth-order valence-electron chi connectivity index (χ4n) is 4.77. The maximum Gasteiger partial charge on any atom is 0.341 e. The number of benzene rings is 1. The number of ether oxygens (including phenoxy) is 1. The number of nitrogens with zero attached hydrogens (tertiary/aromatic N) is 5. The highest BCUT2D eigenvalue weighted by molar-refractivity contribution is 6.34. The number of nitrogens with two attached hydrogens (primary N) is 1. The number of nitrogen functional groups attached to an aromatic ring is 1. The maximum absolute atomic E-state index is 13.1. The van der Waals surface area contributed by atoms with Crippen LogP contribution < -0.4 is 25.7 Å². The Hall–Kier alpha value is -4.02.